The third kappa shape index (κ3) is 4.64. The zero-order valence-electron chi connectivity index (χ0n) is 17.1. The normalized spacial score (nSPS) is 13.1. The van der Waals surface area contributed by atoms with Crippen molar-refractivity contribution >= 4 is 0 Å². The number of benzene rings is 2. The standard InChI is InChI=1S/C21H14F9NO3/c1-8(2)10-5-11(15(33)6-14(10)32)13-7-34-18(31-13)9-3-4-12(19(22,23)24)17(21(28,29)30)16(9)20(25,26)27/h3-8,32-33H,1-2H3. The number of hydrogen-bond acceptors (Lipinski definition) is 4. The Hall–Kier alpha value is -3.38. The molecule has 3 rings (SSSR count). The molecule has 0 saturated heterocycles. The van der Waals surface area contributed by atoms with Crippen LogP contribution in [0.3, 0.4) is 0 Å². The number of nitrogens with zero attached hydrogens (tertiary/aromatic N) is 1. The fraction of sp³-hybridized carbons (Fsp3) is 0.286. The molecule has 3 aromatic rings. The van der Waals surface area contributed by atoms with Crippen LogP contribution in [0.4, 0.5) is 39.5 Å². The number of alkyl halides is 9. The van der Waals surface area contributed by atoms with Crippen molar-refractivity contribution in [1.82, 2.24) is 4.98 Å². The highest BCUT2D eigenvalue weighted by molar-refractivity contribution is 5.72. The zero-order valence-corrected chi connectivity index (χ0v) is 17.1. The lowest BCUT2D eigenvalue weighted by Crippen LogP contribution is -2.24. The van der Waals surface area contributed by atoms with Crippen LogP contribution in [0.1, 0.15) is 42.0 Å². The molecule has 0 aliphatic heterocycles. The van der Waals surface area contributed by atoms with Gasteiger partial charge in [0.15, 0.2) is 0 Å². The second kappa shape index (κ2) is 8.13. The molecule has 34 heavy (non-hydrogen) atoms. The van der Waals surface area contributed by atoms with Gasteiger partial charge in [0.05, 0.1) is 16.7 Å². The van der Waals surface area contributed by atoms with Gasteiger partial charge in [-0.1, -0.05) is 13.8 Å². The van der Waals surface area contributed by atoms with Crippen LogP contribution in [0, 0.1) is 0 Å². The number of aromatic nitrogens is 1. The van der Waals surface area contributed by atoms with Crippen LogP contribution in [0.25, 0.3) is 22.7 Å². The number of rotatable bonds is 3. The van der Waals surface area contributed by atoms with E-state index in [0.29, 0.717) is 5.56 Å². The van der Waals surface area contributed by atoms with Crippen molar-refractivity contribution in [2.75, 3.05) is 0 Å². The van der Waals surface area contributed by atoms with Crippen LogP contribution in [0.2, 0.25) is 0 Å². The lowest BCUT2D eigenvalue weighted by molar-refractivity contribution is -0.174. The number of hydrogen-bond donors (Lipinski definition) is 2. The Balaban J connectivity index is 2.29. The van der Waals surface area contributed by atoms with Crippen LogP contribution < -0.4 is 0 Å². The quantitative estimate of drug-likeness (QED) is 0.364. The summed E-state index contributed by atoms with van der Waals surface area (Å²) in [6.45, 7) is 3.36. The number of aromatic hydroxyl groups is 2. The molecule has 0 unspecified atom stereocenters. The predicted octanol–water partition coefficient (Wildman–Crippen LogP) is 7.60. The summed E-state index contributed by atoms with van der Waals surface area (Å²) in [7, 11) is 0. The Morgan fingerprint density at radius 2 is 1.35 bits per heavy atom. The topological polar surface area (TPSA) is 66.5 Å². The second-order valence-corrected chi connectivity index (χ2v) is 7.52. The minimum absolute atomic E-state index is 0.131. The van der Waals surface area contributed by atoms with Gasteiger partial charge in [-0.05, 0) is 29.7 Å². The first-order valence-corrected chi connectivity index (χ1v) is 9.33. The summed E-state index contributed by atoms with van der Waals surface area (Å²) in [5.41, 5.74) is -9.56. The van der Waals surface area contributed by atoms with E-state index in [1.807, 2.05) is 0 Å². The van der Waals surface area contributed by atoms with E-state index in [1.54, 1.807) is 13.8 Å². The van der Waals surface area contributed by atoms with Gasteiger partial charge in [0.25, 0.3) is 0 Å². The smallest absolute Gasteiger partial charge is 0.417 e. The van der Waals surface area contributed by atoms with Gasteiger partial charge in [-0.15, -0.1) is 0 Å². The molecule has 0 fully saturated rings. The van der Waals surface area contributed by atoms with Gasteiger partial charge in [0, 0.05) is 17.2 Å². The zero-order chi connectivity index (χ0) is 25.8. The van der Waals surface area contributed by atoms with E-state index in [1.165, 1.54) is 6.07 Å². The molecule has 0 radical (unpaired) electrons. The van der Waals surface area contributed by atoms with E-state index >= 15 is 0 Å². The third-order valence-corrected chi connectivity index (χ3v) is 4.86. The molecule has 0 bridgehead atoms. The maximum Gasteiger partial charge on any atom is 0.417 e. The summed E-state index contributed by atoms with van der Waals surface area (Å²) >= 11 is 0. The van der Waals surface area contributed by atoms with E-state index in [0.717, 1.165) is 12.3 Å². The lowest BCUT2D eigenvalue weighted by Gasteiger charge is -2.22. The molecule has 13 heteroatoms. The molecule has 1 aromatic heterocycles. The van der Waals surface area contributed by atoms with Gasteiger partial charge in [-0.25, -0.2) is 4.98 Å². The SMILES string of the molecule is CC(C)c1cc(-c2coc(-c3ccc(C(F)(F)F)c(C(F)(F)F)c3C(F)(F)F)n2)c(O)cc1O. The molecule has 0 aliphatic rings. The van der Waals surface area contributed by atoms with Crippen LogP contribution >= 0.6 is 0 Å². The Morgan fingerprint density at radius 1 is 0.765 bits per heavy atom. The fourth-order valence-electron chi connectivity index (χ4n) is 3.39. The van der Waals surface area contributed by atoms with Crippen LogP contribution in [0.5, 0.6) is 11.5 Å². The number of phenols is 2. The van der Waals surface area contributed by atoms with Crippen molar-refractivity contribution in [3.63, 3.8) is 0 Å². The first-order chi connectivity index (χ1) is 15.4. The molecule has 0 atom stereocenters. The van der Waals surface area contributed by atoms with Crippen molar-refractivity contribution in [1.29, 1.82) is 0 Å². The third-order valence-electron chi connectivity index (χ3n) is 4.86. The fourth-order valence-corrected chi connectivity index (χ4v) is 3.39. The van der Waals surface area contributed by atoms with Crippen LogP contribution in [-0.2, 0) is 18.5 Å². The van der Waals surface area contributed by atoms with Crippen molar-refractivity contribution < 1.29 is 54.1 Å². The van der Waals surface area contributed by atoms with Crippen molar-refractivity contribution in [3.05, 3.63) is 52.8 Å². The van der Waals surface area contributed by atoms with Crippen molar-refractivity contribution in [2.24, 2.45) is 0 Å². The molecule has 2 N–H and O–H groups in total. The Kier molecular flexibility index (Phi) is 6.04. The van der Waals surface area contributed by atoms with Gasteiger partial charge in [-0.3, -0.25) is 0 Å². The minimum atomic E-state index is -6.01. The molecular formula is C21H14F9NO3. The van der Waals surface area contributed by atoms with E-state index < -0.39 is 52.4 Å². The van der Waals surface area contributed by atoms with Gasteiger partial charge < -0.3 is 14.6 Å². The molecule has 2 aromatic carbocycles. The van der Waals surface area contributed by atoms with Crippen LogP contribution in [0.15, 0.2) is 34.9 Å². The van der Waals surface area contributed by atoms with Gasteiger partial charge in [0.1, 0.15) is 23.5 Å². The van der Waals surface area contributed by atoms with Crippen LogP contribution in [-0.4, -0.2) is 15.2 Å². The van der Waals surface area contributed by atoms with Gasteiger partial charge in [-0.2, -0.15) is 39.5 Å². The molecule has 0 amide bonds. The summed E-state index contributed by atoms with van der Waals surface area (Å²) < 4.78 is 126. The Morgan fingerprint density at radius 3 is 1.85 bits per heavy atom. The molecule has 0 spiro atoms. The Bertz CT molecular complexity index is 1220. The summed E-state index contributed by atoms with van der Waals surface area (Å²) in [6, 6.07) is 2.23. The monoisotopic (exact) mass is 499 g/mol. The number of oxazole rings is 1. The molecular weight excluding hydrogens is 485 g/mol. The highest BCUT2D eigenvalue weighted by Crippen LogP contribution is 2.50. The average Bonchev–Trinajstić information content (AvgIpc) is 3.14. The molecule has 1 heterocycles. The highest BCUT2D eigenvalue weighted by atomic mass is 19.4. The van der Waals surface area contributed by atoms with E-state index in [4.69, 9.17) is 4.42 Å². The maximum atomic E-state index is 13.7. The van der Waals surface area contributed by atoms with E-state index in [9.17, 15) is 49.7 Å². The summed E-state index contributed by atoms with van der Waals surface area (Å²) in [5.74, 6) is -2.19. The largest absolute Gasteiger partial charge is 0.508 e. The molecule has 4 nitrogen and oxygen atoms in total. The predicted molar refractivity (Wildman–Crippen MR) is 99.8 cm³/mol. The van der Waals surface area contributed by atoms with E-state index in [-0.39, 0.29) is 35.1 Å². The number of halogens is 9. The summed E-state index contributed by atoms with van der Waals surface area (Å²) in [6.07, 6.45) is -16.9. The molecule has 0 aliphatic carbocycles. The number of phenolic OH excluding ortho intramolecular Hbond substituents is 2. The summed E-state index contributed by atoms with van der Waals surface area (Å²) in [4.78, 5) is 3.67. The molecule has 184 valence electrons. The first-order valence-electron chi connectivity index (χ1n) is 9.33. The van der Waals surface area contributed by atoms with Crippen molar-refractivity contribution in [3.8, 4) is 34.2 Å². The average molecular weight is 499 g/mol. The maximum absolute atomic E-state index is 13.7. The highest BCUT2D eigenvalue weighted by Gasteiger charge is 2.51. The van der Waals surface area contributed by atoms with Crippen molar-refractivity contribution in [2.45, 2.75) is 38.3 Å². The van der Waals surface area contributed by atoms with E-state index in [2.05, 4.69) is 4.98 Å². The molecule has 0 saturated carbocycles. The first kappa shape index (κ1) is 25.2. The Labute approximate surface area is 185 Å². The summed E-state index contributed by atoms with van der Waals surface area (Å²) in [5, 5.41) is 20.0. The van der Waals surface area contributed by atoms with Gasteiger partial charge in [0.2, 0.25) is 5.89 Å². The lowest BCUT2D eigenvalue weighted by atomic mass is 9.94. The minimum Gasteiger partial charge on any atom is -0.508 e. The second-order valence-electron chi connectivity index (χ2n) is 7.52. The van der Waals surface area contributed by atoms with Gasteiger partial charge >= 0.3 is 18.5 Å².